The first-order valence-corrected chi connectivity index (χ1v) is 8.76. The summed E-state index contributed by atoms with van der Waals surface area (Å²) in [5.41, 5.74) is -1.20. The molecule has 25 heavy (non-hydrogen) atoms. The summed E-state index contributed by atoms with van der Waals surface area (Å²) in [5.74, 6) is -1.33. The molecule has 8 heteroatoms. The van der Waals surface area contributed by atoms with Crippen molar-refractivity contribution in [2.45, 2.75) is 32.3 Å². The molecule has 0 bridgehead atoms. The highest BCUT2D eigenvalue weighted by Crippen LogP contribution is 2.38. The first-order valence-electron chi connectivity index (χ1n) is 8.00. The van der Waals surface area contributed by atoms with Gasteiger partial charge in [-0.25, -0.2) is 0 Å². The van der Waals surface area contributed by atoms with Crippen molar-refractivity contribution in [3.63, 3.8) is 0 Å². The van der Waals surface area contributed by atoms with Crippen LogP contribution in [-0.4, -0.2) is 53.3 Å². The zero-order valence-corrected chi connectivity index (χ0v) is 15.6. The molecule has 1 aliphatic rings. The van der Waals surface area contributed by atoms with Gasteiger partial charge in [0.05, 0.1) is 23.8 Å². The zero-order valence-electron chi connectivity index (χ0n) is 14.1. The first kappa shape index (κ1) is 19.8. The van der Waals surface area contributed by atoms with E-state index in [1.165, 1.54) is 24.1 Å². The number of hydrogen-bond donors (Lipinski definition) is 2. The number of rotatable bonds is 5. The molecule has 1 aliphatic heterocycles. The maximum absolute atomic E-state index is 13.0. The summed E-state index contributed by atoms with van der Waals surface area (Å²) in [6.45, 7) is 2.01. The third-order valence-corrected chi connectivity index (χ3v) is 5.13. The number of halogens is 2. The van der Waals surface area contributed by atoms with Gasteiger partial charge in [0.2, 0.25) is 0 Å². The van der Waals surface area contributed by atoms with Gasteiger partial charge in [0, 0.05) is 18.1 Å². The average Bonchev–Trinajstić information content (AvgIpc) is 2.55. The summed E-state index contributed by atoms with van der Waals surface area (Å²) in [4.78, 5) is 26.2. The van der Waals surface area contributed by atoms with Gasteiger partial charge < -0.3 is 19.8 Å². The highest BCUT2D eigenvalue weighted by molar-refractivity contribution is 6.36. The van der Waals surface area contributed by atoms with Crippen molar-refractivity contribution in [2.24, 2.45) is 5.41 Å². The quantitative estimate of drug-likeness (QED) is 0.807. The smallest absolute Gasteiger partial charge is 0.314 e. The van der Waals surface area contributed by atoms with Crippen LogP contribution in [0.2, 0.25) is 10.0 Å². The monoisotopic (exact) mass is 389 g/mol. The van der Waals surface area contributed by atoms with Crippen LogP contribution < -0.4 is 4.74 Å². The Kier molecular flexibility index (Phi) is 6.19. The van der Waals surface area contributed by atoms with Crippen molar-refractivity contribution < 1.29 is 24.5 Å². The molecule has 0 radical (unpaired) electrons. The maximum Gasteiger partial charge on any atom is 0.314 e. The minimum absolute atomic E-state index is 0.0799. The topological polar surface area (TPSA) is 87.1 Å². The van der Waals surface area contributed by atoms with E-state index < -0.39 is 23.4 Å². The summed E-state index contributed by atoms with van der Waals surface area (Å²) in [6.07, 6.45) is 0.0476. The van der Waals surface area contributed by atoms with Crippen molar-refractivity contribution in [1.82, 2.24) is 4.90 Å². The fourth-order valence-corrected chi connectivity index (χ4v) is 3.93. The van der Waals surface area contributed by atoms with Crippen LogP contribution in [0.3, 0.4) is 0 Å². The summed E-state index contributed by atoms with van der Waals surface area (Å²) in [7, 11) is 1.39. The van der Waals surface area contributed by atoms with Gasteiger partial charge >= 0.3 is 5.97 Å². The van der Waals surface area contributed by atoms with Gasteiger partial charge in [-0.3, -0.25) is 9.59 Å². The molecule has 2 N–H and O–H groups in total. The third kappa shape index (κ3) is 3.71. The second kappa shape index (κ2) is 7.81. The van der Waals surface area contributed by atoms with Gasteiger partial charge in [-0.05, 0) is 25.0 Å². The van der Waals surface area contributed by atoms with E-state index in [-0.39, 0.29) is 47.3 Å². The Morgan fingerprint density at radius 2 is 2.08 bits per heavy atom. The summed E-state index contributed by atoms with van der Waals surface area (Å²) >= 11 is 12.1. The number of carbonyl (C=O) groups excluding carboxylic acids is 1. The number of carboxylic acids is 1. The number of aliphatic carboxylic acids is 1. The molecule has 0 aromatic heterocycles. The number of methoxy groups -OCH3 is 1. The van der Waals surface area contributed by atoms with Crippen molar-refractivity contribution in [3.05, 3.63) is 27.7 Å². The van der Waals surface area contributed by atoms with Crippen molar-refractivity contribution >= 4 is 35.1 Å². The normalized spacial score (nSPS) is 23.4. The van der Waals surface area contributed by atoms with Crippen LogP contribution in [0.25, 0.3) is 0 Å². The van der Waals surface area contributed by atoms with Crippen molar-refractivity contribution in [2.75, 3.05) is 20.2 Å². The van der Waals surface area contributed by atoms with Gasteiger partial charge in [0.15, 0.2) is 0 Å². The molecule has 1 heterocycles. The minimum Gasteiger partial charge on any atom is -0.494 e. The Bertz CT molecular complexity index is 681. The van der Waals surface area contributed by atoms with E-state index in [0.717, 1.165) is 0 Å². The summed E-state index contributed by atoms with van der Waals surface area (Å²) in [6, 6.07) is 2.92. The number of nitrogens with zero attached hydrogens (tertiary/aromatic N) is 1. The van der Waals surface area contributed by atoms with Crippen LogP contribution >= 0.6 is 23.2 Å². The second-order valence-corrected chi connectivity index (χ2v) is 7.05. The lowest BCUT2D eigenvalue weighted by atomic mass is 9.74. The van der Waals surface area contributed by atoms with Crippen molar-refractivity contribution in [1.29, 1.82) is 0 Å². The molecule has 2 rings (SSSR count). The summed E-state index contributed by atoms with van der Waals surface area (Å²) in [5, 5.41) is 20.5. The number of piperidine rings is 1. The minimum atomic E-state index is -1.38. The maximum atomic E-state index is 13.0. The number of hydrogen-bond acceptors (Lipinski definition) is 4. The van der Waals surface area contributed by atoms with Gasteiger partial charge in [0.1, 0.15) is 11.2 Å². The van der Waals surface area contributed by atoms with Crippen LogP contribution in [0.15, 0.2) is 12.1 Å². The lowest BCUT2D eigenvalue weighted by Crippen LogP contribution is -2.57. The molecule has 1 saturated heterocycles. The van der Waals surface area contributed by atoms with Crippen LogP contribution in [-0.2, 0) is 4.79 Å². The summed E-state index contributed by atoms with van der Waals surface area (Å²) < 4.78 is 5.21. The Hall–Kier alpha value is -1.50. The average molecular weight is 390 g/mol. The number of carboxylic acid groups (broad SMARTS) is 1. The van der Waals surface area contributed by atoms with Crippen LogP contribution in [0, 0.1) is 5.41 Å². The molecular weight excluding hydrogens is 369 g/mol. The predicted molar refractivity (Wildman–Crippen MR) is 94.5 cm³/mol. The first-order chi connectivity index (χ1) is 11.8. The molecule has 6 nitrogen and oxygen atoms in total. The number of aliphatic hydroxyl groups is 1. The number of benzene rings is 1. The number of aliphatic hydroxyl groups excluding tert-OH is 1. The van der Waals surface area contributed by atoms with Gasteiger partial charge in [-0.1, -0.05) is 36.5 Å². The Labute approximate surface area is 156 Å². The molecule has 1 fully saturated rings. The standard InChI is InChI=1S/C17H21Cl2NO5/c1-3-5-17(16(23)24)9-20(6-4-13(17)21)15(22)11-7-10(18)8-12(19)14(11)25-2/h7-8,13,21H,3-6,9H2,1-2H3,(H,23,24)/t13-,17+/m0/s1. The highest BCUT2D eigenvalue weighted by atomic mass is 35.5. The number of likely N-dealkylation sites (tertiary alicyclic amines) is 1. The number of ether oxygens (including phenoxy) is 1. The molecule has 0 aliphatic carbocycles. The molecule has 0 spiro atoms. The van der Waals surface area contributed by atoms with Crippen LogP contribution in [0.5, 0.6) is 5.75 Å². The lowest BCUT2D eigenvalue weighted by Gasteiger charge is -2.43. The van der Waals surface area contributed by atoms with Crippen LogP contribution in [0.1, 0.15) is 36.5 Å². The molecule has 1 amide bonds. The van der Waals surface area contributed by atoms with E-state index >= 15 is 0 Å². The largest absolute Gasteiger partial charge is 0.494 e. The Morgan fingerprint density at radius 3 is 2.64 bits per heavy atom. The molecule has 2 atom stereocenters. The van der Waals surface area contributed by atoms with E-state index in [0.29, 0.717) is 6.42 Å². The third-order valence-electron chi connectivity index (χ3n) is 4.64. The van der Waals surface area contributed by atoms with E-state index in [4.69, 9.17) is 27.9 Å². The Morgan fingerprint density at radius 1 is 1.40 bits per heavy atom. The predicted octanol–water partition coefficient (Wildman–Crippen LogP) is 3.08. The Balaban J connectivity index is 2.39. The van der Waals surface area contributed by atoms with Gasteiger partial charge in [0.25, 0.3) is 5.91 Å². The van der Waals surface area contributed by atoms with Crippen LogP contribution in [0.4, 0.5) is 0 Å². The second-order valence-electron chi connectivity index (χ2n) is 6.21. The molecule has 138 valence electrons. The lowest BCUT2D eigenvalue weighted by molar-refractivity contribution is -0.162. The van der Waals surface area contributed by atoms with E-state index in [1.807, 2.05) is 6.92 Å². The number of amides is 1. The SMILES string of the molecule is CCC[C@@]1(C(=O)O)CN(C(=O)c2cc(Cl)cc(Cl)c2OC)CC[C@@H]1O. The van der Waals surface area contributed by atoms with Gasteiger partial charge in [-0.15, -0.1) is 0 Å². The van der Waals surface area contributed by atoms with E-state index in [1.54, 1.807) is 0 Å². The fraction of sp³-hybridized carbons (Fsp3) is 0.529. The van der Waals surface area contributed by atoms with Crippen molar-refractivity contribution in [3.8, 4) is 5.75 Å². The fourth-order valence-electron chi connectivity index (χ4n) is 3.36. The van der Waals surface area contributed by atoms with E-state index in [9.17, 15) is 19.8 Å². The molecular formula is C17H21Cl2NO5. The highest BCUT2D eigenvalue weighted by Gasteiger charge is 2.49. The molecule has 0 saturated carbocycles. The zero-order chi connectivity index (χ0) is 18.8. The van der Waals surface area contributed by atoms with Gasteiger partial charge in [-0.2, -0.15) is 0 Å². The van der Waals surface area contributed by atoms with E-state index in [2.05, 4.69) is 0 Å². The molecule has 1 aromatic rings. The molecule has 1 aromatic carbocycles. The molecule has 0 unspecified atom stereocenters. The number of carbonyl (C=O) groups is 2.